The zero-order chi connectivity index (χ0) is 27.7. The number of hydrogen-bond donors (Lipinski definition) is 8. The second-order valence-electron chi connectivity index (χ2n) is 9.85. The highest BCUT2D eigenvalue weighted by molar-refractivity contribution is 5.89. The summed E-state index contributed by atoms with van der Waals surface area (Å²) in [5.74, 6) is 0.274. The van der Waals surface area contributed by atoms with E-state index in [1.807, 2.05) is 38.1 Å². The number of aliphatic hydroxyl groups is 4. The number of ether oxygens (including phenoxy) is 2. The lowest BCUT2D eigenvalue weighted by atomic mass is 9.98. The SMILES string of the molecule is CC(C)c1[nH]nc(O[C@@H]2O[C@H](CO)[C@@H](O)[C@H](O)[C@H]2O)c1Cc1ccc(NC(=O)NCCCCCCN)cc1. The Morgan fingerprint density at radius 2 is 1.82 bits per heavy atom. The van der Waals surface area contributed by atoms with Crippen molar-refractivity contribution in [2.75, 3.05) is 25.0 Å². The summed E-state index contributed by atoms with van der Waals surface area (Å²) >= 11 is 0. The van der Waals surface area contributed by atoms with E-state index in [1.54, 1.807) is 0 Å². The number of H-pyrrole nitrogens is 1. The van der Waals surface area contributed by atoms with Gasteiger partial charge in [0.2, 0.25) is 12.2 Å². The van der Waals surface area contributed by atoms with Crippen molar-refractivity contribution in [1.29, 1.82) is 0 Å². The molecule has 5 atom stereocenters. The van der Waals surface area contributed by atoms with Crippen molar-refractivity contribution in [2.24, 2.45) is 5.73 Å². The minimum absolute atomic E-state index is 0.0876. The number of aliphatic hydroxyl groups excluding tert-OH is 4. The predicted octanol–water partition coefficient (Wildman–Crippen LogP) is 0.943. The number of aromatic nitrogens is 2. The van der Waals surface area contributed by atoms with E-state index in [2.05, 4.69) is 20.8 Å². The number of rotatable bonds is 13. The number of aromatic amines is 1. The third-order valence-electron chi connectivity index (χ3n) is 6.52. The Bertz CT molecular complexity index is 998. The van der Waals surface area contributed by atoms with E-state index < -0.39 is 37.3 Å². The van der Waals surface area contributed by atoms with E-state index in [9.17, 15) is 25.2 Å². The molecule has 0 aliphatic carbocycles. The summed E-state index contributed by atoms with van der Waals surface area (Å²) in [6.07, 6.45) is -2.56. The Morgan fingerprint density at radius 1 is 1.11 bits per heavy atom. The van der Waals surface area contributed by atoms with Crippen LogP contribution >= 0.6 is 0 Å². The molecule has 0 spiro atoms. The van der Waals surface area contributed by atoms with Crippen molar-refractivity contribution in [3.05, 3.63) is 41.1 Å². The summed E-state index contributed by atoms with van der Waals surface area (Å²) in [5.41, 5.74) is 8.64. The van der Waals surface area contributed by atoms with E-state index in [4.69, 9.17) is 15.2 Å². The van der Waals surface area contributed by atoms with Crippen molar-refractivity contribution in [3.8, 4) is 5.88 Å². The average Bonchev–Trinajstić information content (AvgIpc) is 3.29. The van der Waals surface area contributed by atoms with Crippen LogP contribution in [0.25, 0.3) is 0 Å². The van der Waals surface area contributed by atoms with E-state index in [0.29, 0.717) is 25.2 Å². The topological polar surface area (TPSA) is 195 Å². The number of hydrogen-bond acceptors (Lipinski definition) is 9. The Morgan fingerprint density at radius 3 is 2.47 bits per heavy atom. The minimum atomic E-state index is -1.55. The second kappa shape index (κ2) is 14.4. The standard InChI is InChI=1S/C26H41N5O7/c1-15(2)20-18(24(31-30-20)38-25-23(35)22(34)21(33)19(14-32)37-25)13-16-7-9-17(10-8-16)29-26(36)28-12-6-4-3-5-11-27/h7-10,15,19,21-23,25,32-35H,3-6,11-14,27H2,1-2H3,(H,30,31)(H2,28,29,36)/t19-,21-,22+,23-,25+/m1/s1. The number of nitrogens with zero attached hydrogens (tertiary/aromatic N) is 1. The van der Waals surface area contributed by atoms with Gasteiger partial charge >= 0.3 is 6.03 Å². The molecule has 212 valence electrons. The lowest BCUT2D eigenvalue weighted by Crippen LogP contribution is -2.60. The lowest BCUT2D eigenvalue weighted by Gasteiger charge is -2.39. The molecule has 12 nitrogen and oxygen atoms in total. The van der Waals surface area contributed by atoms with Crippen molar-refractivity contribution >= 4 is 11.7 Å². The molecule has 0 saturated carbocycles. The number of amides is 2. The molecule has 0 unspecified atom stereocenters. The first-order chi connectivity index (χ1) is 18.2. The number of anilines is 1. The quantitative estimate of drug-likeness (QED) is 0.172. The molecule has 1 aliphatic rings. The van der Waals surface area contributed by atoms with Gasteiger partial charge in [-0.1, -0.05) is 38.8 Å². The number of carbonyl (C=O) groups is 1. The van der Waals surface area contributed by atoms with Crippen LogP contribution in [0.5, 0.6) is 5.88 Å². The number of carbonyl (C=O) groups excluding carboxylic acids is 1. The summed E-state index contributed by atoms with van der Waals surface area (Å²) in [5, 5.41) is 52.8. The zero-order valence-electron chi connectivity index (χ0n) is 22.0. The van der Waals surface area contributed by atoms with Crippen molar-refractivity contribution < 1.29 is 34.7 Å². The van der Waals surface area contributed by atoms with Crippen LogP contribution in [-0.4, -0.2) is 87.1 Å². The van der Waals surface area contributed by atoms with E-state index in [0.717, 1.165) is 42.5 Å². The van der Waals surface area contributed by atoms with Crippen LogP contribution in [0.15, 0.2) is 24.3 Å². The van der Waals surface area contributed by atoms with Crippen LogP contribution in [0.4, 0.5) is 10.5 Å². The van der Waals surface area contributed by atoms with Crippen molar-refractivity contribution in [3.63, 3.8) is 0 Å². The molecule has 1 aliphatic heterocycles. The third kappa shape index (κ3) is 7.88. The summed E-state index contributed by atoms with van der Waals surface area (Å²) in [7, 11) is 0. The van der Waals surface area contributed by atoms with Gasteiger partial charge in [-0.15, -0.1) is 5.10 Å². The smallest absolute Gasteiger partial charge is 0.319 e. The number of nitrogens with two attached hydrogens (primary N) is 1. The Kier molecular flexibility index (Phi) is 11.3. The van der Waals surface area contributed by atoms with E-state index in [-0.39, 0.29) is 17.8 Å². The van der Waals surface area contributed by atoms with Crippen LogP contribution in [0.1, 0.15) is 62.3 Å². The first kappa shape index (κ1) is 29.8. The molecule has 1 fully saturated rings. The molecule has 3 rings (SSSR count). The Labute approximate surface area is 222 Å². The molecule has 9 N–H and O–H groups in total. The maximum Gasteiger partial charge on any atom is 0.319 e. The fraction of sp³-hybridized carbons (Fsp3) is 0.615. The van der Waals surface area contributed by atoms with Crippen LogP contribution in [0, 0.1) is 0 Å². The fourth-order valence-electron chi connectivity index (χ4n) is 4.29. The molecular formula is C26H41N5O7. The maximum absolute atomic E-state index is 12.2. The Hall–Kier alpha value is -2.74. The molecule has 38 heavy (non-hydrogen) atoms. The number of benzene rings is 1. The van der Waals surface area contributed by atoms with Gasteiger partial charge in [-0.2, -0.15) is 0 Å². The molecule has 1 saturated heterocycles. The normalized spacial score (nSPS) is 23.4. The number of nitrogens with one attached hydrogen (secondary N) is 3. The third-order valence-corrected chi connectivity index (χ3v) is 6.52. The molecule has 0 bridgehead atoms. The fourth-order valence-corrected chi connectivity index (χ4v) is 4.29. The number of urea groups is 1. The summed E-state index contributed by atoms with van der Waals surface area (Å²) in [6.45, 7) is 4.74. The highest BCUT2D eigenvalue weighted by Gasteiger charge is 2.45. The minimum Gasteiger partial charge on any atom is -0.443 e. The van der Waals surface area contributed by atoms with Gasteiger partial charge in [-0.3, -0.25) is 5.10 Å². The summed E-state index contributed by atoms with van der Waals surface area (Å²) in [4.78, 5) is 12.2. The van der Waals surface area contributed by atoms with Gasteiger partial charge in [-0.25, -0.2) is 4.79 Å². The first-order valence-electron chi connectivity index (χ1n) is 13.1. The van der Waals surface area contributed by atoms with Gasteiger partial charge in [0.25, 0.3) is 0 Å². The van der Waals surface area contributed by atoms with Gasteiger partial charge in [0.05, 0.1) is 6.61 Å². The van der Waals surface area contributed by atoms with Crippen molar-refractivity contribution in [1.82, 2.24) is 15.5 Å². The largest absolute Gasteiger partial charge is 0.443 e. The van der Waals surface area contributed by atoms with Crippen LogP contribution in [-0.2, 0) is 11.2 Å². The van der Waals surface area contributed by atoms with Crippen LogP contribution < -0.4 is 21.1 Å². The monoisotopic (exact) mass is 535 g/mol. The molecular weight excluding hydrogens is 494 g/mol. The highest BCUT2D eigenvalue weighted by Crippen LogP contribution is 2.31. The first-order valence-corrected chi connectivity index (χ1v) is 13.1. The molecule has 1 aromatic carbocycles. The van der Waals surface area contributed by atoms with Gasteiger partial charge in [0.1, 0.15) is 24.4 Å². The zero-order valence-corrected chi connectivity index (χ0v) is 22.0. The summed E-state index contributed by atoms with van der Waals surface area (Å²) < 4.78 is 11.3. The molecule has 12 heteroatoms. The predicted molar refractivity (Wildman–Crippen MR) is 141 cm³/mol. The van der Waals surface area contributed by atoms with Gasteiger partial charge < -0.3 is 46.3 Å². The number of unbranched alkanes of at least 4 members (excludes halogenated alkanes) is 3. The van der Waals surface area contributed by atoms with Crippen molar-refractivity contribution in [2.45, 2.75) is 82.6 Å². The molecule has 2 aromatic rings. The van der Waals surface area contributed by atoms with E-state index in [1.165, 1.54) is 0 Å². The second-order valence-corrected chi connectivity index (χ2v) is 9.85. The molecule has 1 aromatic heterocycles. The summed E-state index contributed by atoms with van der Waals surface area (Å²) in [6, 6.07) is 7.13. The van der Waals surface area contributed by atoms with Crippen LogP contribution in [0.2, 0.25) is 0 Å². The molecule has 2 heterocycles. The highest BCUT2D eigenvalue weighted by atomic mass is 16.7. The lowest BCUT2D eigenvalue weighted by molar-refractivity contribution is -0.278. The molecule has 0 radical (unpaired) electrons. The van der Waals surface area contributed by atoms with Gasteiger partial charge in [0.15, 0.2) is 0 Å². The van der Waals surface area contributed by atoms with E-state index >= 15 is 0 Å². The molecule has 2 amide bonds. The van der Waals surface area contributed by atoms with Gasteiger partial charge in [0, 0.05) is 29.9 Å². The Balaban J connectivity index is 1.63. The van der Waals surface area contributed by atoms with Gasteiger partial charge in [-0.05, 0) is 43.0 Å². The average molecular weight is 536 g/mol. The van der Waals surface area contributed by atoms with Crippen LogP contribution in [0.3, 0.4) is 0 Å². The maximum atomic E-state index is 12.2.